The highest BCUT2D eigenvalue weighted by Crippen LogP contribution is 2.15. The van der Waals surface area contributed by atoms with Gasteiger partial charge in [-0.05, 0) is 30.7 Å². The molecular formula is C8H7FO3S. The van der Waals surface area contributed by atoms with E-state index in [1.165, 1.54) is 6.92 Å². The van der Waals surface area contributed by atoms with Crippen molar-refractivity contribution >= 4 is 15.5 Å². The fourth-order valence-corrected chi connectivity index (χ4v) is 1.85. The van der Waals surface area contributed by atoms with Gasteiger partial charge >= 0.3 is 0 Å². The molecule has 0 aliphatic rings. The topological polar surface area (TPSA) is 51.2 Å². The first-order valence-corrected chi connectivity index (χ1v) is 4.98. The normalized spacial score (nSPS) is 11.2. The number of hydrogen-bond donors (Lipinski definition) is 0. The summed E-state index contributed by atoms with van der Waals surface area (Å²) in [4.78, 5) is 10.0. The van der Waals surface area contributed by atoms with E-state index in [1.54, 1.807) is 0 Å². The monoisotopic (exact) mass is 202 g/mol. The van der Waals surface area contributed by atoms with Gasteiger partial charge in [0, 0.05) is 0 Å². The second-order valence-electron chi connectivity index (χ2n) is 2.55. The third kappa shape index (κ3) is 1.92. The molecule has 0 bridgehead atoms. The smallest absolute Gasteiger partial charge is 0.238 e. The Hall–Kier alpha value is -1.23. The lowest BCUT2D eigenvalue weighted by Crippen LogP contribution is -2.03. The zero-order valence-electron chi connectivity index (χ0n) is 6.82. The molecule has 0 spiro atoms. The van der Waals surface area contributed by atoms with Crippen molar-refractivity contribution in [1.82, 2.24) is 0 Å². The van der Waals surface area contributed by atoms with Gasteiger partial charge < -0.3 is 0 Å². The molecule has 0 atom stereocenters. The van der Waals surface area contributed by atoms with E-state index in [4.69, 9.17) is 0 Å². The summed E-state index contributed by atoms with van der Waals surface area (Å²) in [6.07, 6.45) is 0. The molecule has 0 radical (unpaired) electrons. The van der Waals surface area contributed by atoms with Crippen molar-refractivity contribution in [3.8, 4) is 0 Å². The van der Waals surface area contributed by atoms with E-state index in [0.29, 0.717) is 0 Å². The minimum absolute atomic E-state index is 0.146. The Morgan fingerprint density at radius 1 is 1.38 bits per heavy atom. The Labute approximate surface area is 75.1 Å². The molecular weight excluding hydrogens is 195 g/mol. The Morgan fingerprint density at radius 2 is 2.00 bits per heavy atom. The molecule has 0 saturated heterocycles. The van der Waals surface area contributed by atoms with Crippen LogP contribution in [0.2, 0.25) is 0 Å². The van der Waals surface area contributed by atoms with Crippen LogP contribution in [-0.2, 0) is 14.6 Å². The molecule has 0 amide bonds. The van der Waals surface area contributed by atoms with Gasteiger partial charge in [0.25, 0.3) is 0 Å². The van der Waals surface area contributed by atoms with Gasteiger partial charge in [0.2, 0.25) is 15.5 Å². The molecule has 70 valence electrons. The minimum Gasteiger partial charge on any atom is -0.285 e. The average Bonchev–Trinajstić information content (AvgIpc) is 2.03. The van der Waals surface area contributed by atoms with Crippen LogP contribution in [0.3, 0.4) is 0 Å². The molecule has 0 aliphatic heterocycles. The maximum Gasteiger partial charge on any atom is 0.238 e. The molecule has 0 saturated carbocycles. The number of aryl methyl sites for hydroxylation is 1. The predicted molar refractivity (Wildman–Crippen MR) is 45.1 cm³/mol. The zero-order valence-corrected chi connectivity index (χ0v) is 7.64. The van der Waals surface area contributed by atoms with Gasteiger partial charge in [-0.15, -0.1) is 0 Å². The fraction of sp³-hybridized carbons (Fsp3) is 0.125. The molecule has 0 fully saturated rings. The quantitative estimate of drug-likeness (QED) is 0.533. The molecule has 13 heavy (non-hydrogen) atoms. The first-order chi connectivity index (χ1) is 5.97. The van der Waals surface area contributed by atoms with Crippen LogP contribution in [0.4, 0.5) is 4.39 Å². The lowest BCUT2D eigenvalue weighted by atomic mass is 10.2. The van der Waals surface area contributed by atoms with Crippen molar-refractivity contribution in [2.24, 2.45) is 0 Å². The standard InChI is InChI=1S/C8H7FO3S/c1-6-4-7(9)2-3-8(6)13(11,12)5-10/h2-5H,1H3. The van der Waals surface area contributed by atoms with Crippen molar-refractivity contribution in [2.75, 3.05) is 0 Å². The molecule has 0 unspecified atom stereocenters. The summed E-state index contributed by atoms with van der Waals surface area (Å²) in [7, 11) is -3.89. The van der Waals surface area contributed by atoms with Crippen molar-refractivity contribution in [2.45, 2.75) is 11.8 Å². The van der Waals surface area contributed by atoms with Crippen LogP contribution in [0, 0.1) is 12.7 Å². The van der Waals surface area contributed by atoms with E-state index >= 15 is 0 Å². The maximum absolute atomic E-state index is 12.6. The predicted octanol–water partition coefficient (Wildman–Crippen LogP) is 1.10. The van der Waals surface area contributed by atoms with Gasteiger partial charge in [-0.1, -0.05) is 0 Å². The minimum atomic E-state index is -3.89. The fourth-order valence-electron chi connectivity index (χ4n) is 0.984. The van der Waals surface area contributed by atoms with Gasteiger partial charge in [0.05, 0.1) is 4.90 Å². The molecule has 3 nitrogen and oxygen atoms in total. The first-order valence-electron chi connectivity index (χ1n) is 3.44. The number of halogens is 1. The summed E-state index contributed by atoms with van der Waals surface area (Å²) < 4.78 is 34.6. The summed E-state index contributed by atoms with van der Waals surface area (Å²) in [5, 5.41) is 0. The van der Waals surface area contributed by atoms with Crippen LogP contribution in [0.5, 0.6) is 0 Å². The third-order valence-electron chi connectivity index (χ3n) is 1.57. The summed E-state index contributed by atoms with van der Waals surface area (Å²) in [5.41, 5.74) is 0.0832. The van der Waals surface area contributed by atoms with E-state index in [2.05, 4.69) is 0 Å². The molecule has 0 heterocycles. The first kappa shape index (κ1) is 9.85. The number of rotatable bonds is 2. The van der Waals surface area contributed by atoms with E-state index in [1.807, 2.05) is 0 Å². The van der Waals surface area contributed by atoms with Gasteiger partial charge in [-0.25, -0.2) is 12.8 Å². The van der Waals surface area contributed by atoms with E-state index in [9.17, 15) is 17.6 Å². The highest BCUT2D eigenvalue weighted by atomic mass is 32.2. The lowest BCUT2D eigenvalue weighted by molar-refractivity contribution is 0.555. The molecule has 1 rings (SSSR count). The largest absolute Gasteiger partial charge is 0.285 e. The van der Waals surface area contributed by atoms with E-state index in [-0.39, 0.29) is 16.1 Å². The zero-order chi connectivity index (χ0) is 10.1. The van der Waals surface area contributed by atoms with Gasteiger partial charge in [0.15, 0.2) is 0 Å². The maximum atomic E-state index is 12.6. The number of hydrogen-bond acceptors (Lipinski definition) is 3. The number of sulfone groups is 1. The van der Waals surface area contributed by atoms with Gasteiger partial charge in [0.1, 0.15) is 5.82 Å². The van der Waals surface area contributed by atoms with Crippen LogP contribution in [0.25, 0.3) is 0 Å². The third-order valence-corrected chi connectivity index (χ3v) is 2.89. The van der Waals surface area contributed by atoms with Crippen molar-refractivity contribution in [3.63, 3.8) is 0 Å². The second-order valence-corrected chi connectivity index (χ2v) is 4.27. The van der Waals surface area contributed by atoms with Crippen LogP contribution >= 0.6 is 0 Å². The van der Waals surface area contributed by atoms with Crippen LogP contribution in [-0.4, -0.2) is 14.0 Å². The van der Waals surface area contributed by atoms with Crippen LogP contribution < -0.4 is 0 Å². The van der Waals surface area contributed by atoms with Crippen molar-refractivity contribution in [3.05, 3.63) is 29.6 Å². The number of carbonyl (C=O) groups excluding carboxylic acids is 1. The Balaban J connectivity index is 3.41. The molecule has 5 heteroatoms. The summed E-state index contributed by atoms with van der Waals surface area (Å²) >= 11 is 0. The SMILES string of the molecule is Cc1cc(F)ccc1S(=O)(=O)C=O. The molecule has 0 aliphatic carbocycles. The Bertz CT molecular complexity index is 437. The van der Waals surface area contributed by atoms with Crippen molar-refractivity contribution < 1.29 is 17.6 Å². The second kappa shape index (κ2) is 3.26. The van der Waals surface area contributed by atoms with E-state index in [0.717, 1.165) is 18.2 Å². The average molecular weight is 202 g/mol. The lowest BCUT2D eigenvalue weighted by Gasteiger charge is -2.00. The highest BCUT2D eigenvalue weighted by molar-refractivity contribution is 8.04. The summed E-state index contributed by atoms with van der Waals surface area (Å²) in [5.74, 6) is -0.526. The molecule has 0 N–H and O–H groups in total. The van der Waals surface area contributed by atoms with Crippen molar-refractivity contribution in [1.29, 1.82) is 0 Å². The summed E-state index contributed by atoms with van der Waals surface area (Å²) in [6, 6.07) is 3.15. The number of benzene rings is 1. The van der Waals surface area contributed by atoms with Gasteiger partial charge in [-0.2, -0.15) is 0 Å². The molecule has 0 aromatic heterocycles. The van der Waals surface area contributed by atoms with Crippen LogP contribution in [0.1, 0.15) is 5.56 Å². The number of carbonyl (C=O) groups is 1. The van der Waals surface area contributed by atoms with E-state index < -0.39 is 15.7 Å². The Morgan fingerprint density at radius 3 is 2.46 bits per heavy atom. The molecule has 1 aromatic carbocycles. The van der Waals surface area contributed by atoms with Gasteiger partial charge in [-0.3, -0.25) is 4.79 Å². The highest BCUT2D eigenvalue weighted by Gasteiger charge is 2.15. The molecule has 1 aromatic rings. The van der Waals surface area contributed by atoms with Crippen LogP contribution in [0.15, 0.2) is 23.1 Å². The summed E-state index contributed by atoms with van der Waals surface area (Å²) in [6.45, 7) is 1.43. The Kier molecular flexibility index (Phi) is 2.47.